The molecule has 0 bridgehead atoms. The standard InChI is InChI=1S/C22H26ClN3O2S2/c1-3-4-5-8-19(27)16-13-15(2)9-10-17(16)24-21(28)26-22-25-18(20(23)29-22)14-30-11-6-7-12-30/h6-7,9-13,30H,3-5,8,14H2,1-2H3,(H2,24,25,26,28). The maximum atomic E-state index is 12.6. The lowest BCUT2D eigenvalue weighted by atomic mass is 10.0. The number of amides is 2. The van der Waals surface area contributed by atoms with Gasteiger partial charge in [0.15, 0.2) is 10.9 Å². The fraction of sp³-hybridized carbons (Fsp3) is 0.318. The number of carbonyl (C=O) groups is 2. The monoisotopic (exact) mass is 463 g/mol. The van der Waals surface area contributed by atoms with Gasteiger partial charge < -0.3 is 5.32 Å². The molecule has 8 heteroatoms. The van der Waals surface area contributed by atoms with Crippen LogP contribution < -0.4 is 10.6 Å². The highest BCUT2D eigenvalue weighted by Gasteiger charge is 2.16. The maximum absolute atomic E-state index is 12.6. The molecule has 2 amide bonds. The van der Waals surface area contributed by atoms with Crippen molar-refractivity contribution in [1.29, 1.82) is 0 Å². The van der Waals surface area contributed by atoms with E-state index < -0.39 is 6.03 Å². The second kappa shape index (κ2) is 10.8. The van der Waals surface area contributed by atoms with Crippen LogP contribution in [0.3, 0.4) is 0 Å². The van der Waals surface area contributed by atoms with Gasteiger partial charge in [0.1, 0.15) is 4.34 Å². The number of urea groups is 1. The van der Waals surface area contributed by atoms with Crippen LogP contribution in [0.5, 0.6) is 0 Å². The zero-order chi connectivity index (χ0) is 21.5. The second-order valence-corrected chi connectivity index (χ2v) is 10.6. The SMILES string of the molecule is CCCCCC(=O)c1cc(C)ccc1NC(=O)Nc1nc(C[SH]2C=CC=C2)c(Cl)s1. The lowest BCUT2D eigenvalue weighted by Crippen LogP contribution is -2.21. The number of benzene rings is 1. The van der Waals surface area contributed by atoms with Crippen LogP contribution in [-0.2, 0) is 5.75 Å². The summed E-state index contributed by atoms with van der Waals surface area (Å²) in [5.74, 6) is 0.803. The summed E-state index contributed by atoms with van der Waals surface area (Å²) in [7, 11) is -0.373. The third kappa shape index (κ3) is 6.20. The summed E-state index contributed by atoms with van der Waals surface area (Å²) in [6.07, 6.45) is 7.46. The van der Waals surface area contributed by atoms with Gasteiger partial charge in [0.2, 0.25) is 0 Å². The first kappa shape index (κ1) is 22.6. The van der Waals surface area contributed by atoms with Gasteiger partial charge in [-0.15, -0.1) is 0 Å². The van der Waals surface area contributed by atoms with Crippen molar-refractivity contribution in [3.05, 3.63) is 62.3 Å². The van der Waals surface area contributed by atoms with E-state index in [1.165, 1.54) is 11.3 Å². The van der Waals surface area contributed by atoms with Crippen LogP contribution in [0.2, 0.25) is 4.34 Å². The van der Waals surface area contributed by atoms with Gasteiger partial charge in [-0.05, 0) is 36.3 Å². The van der Waals surface area contributed by atoms with Crippen molar-refractivity contribution in [2.24, 2.45) is 0 Å². The van der Waals surface area contributed by atoms with Gasteiger partial charge in [0, 0.05) is 17.7 Å². The minimum absolute atomic E-state index is 0.0435. The van der Waals surface area contributed by atoms with Crippen molar-refractivity contribution >= 4 is 56.5 Å². The Bertz CT molecular complexity index is 973. The van der Waals surface area contributed by atoms with E-state index in [2.05, 4.69) is 33.4 Å². The number of aromatic nitrogens is 1. The molecule has 2 aromatic rings. The van der Waals surface area contributed by atoms with Gasteiger partial charge >= 0.3 is 6.03 Å². The highest BCUT2D eigenvalue weighted by atomic mass is 35.5. The lowest BCUT2D eigenvalue weighted by molar-refractivity contribution is 0.0980. The van der Waals surface area contributed by atoms with Crippen LogP contribution in [0.1, 0.15) is 54.2 Å². The quantitative estimate of drug-likeness (QED) is 0.212. The number of halogens is 1. The second-order valence-electron chi connectivity index (χ2n) is 7.10. The molecule has 2 heterocycles. The first-order valence-corrected chi connectivity index (χ1v) is 12.8. The van der Waals surface area contributed by atoms with E-state index in [1.54, 1.807) is 6.07 Å². The molecule has 0 fully saturated rings. The molecule has 3 rings (SSSR count). The molecule has 0 spiro atoms. The Balaban J connectivity index is 1.65. The molecule has 1 aromatic heterocycles. The third-order valence-electron chi connectivity index (χ3n) is 4.60. The zero-order valence-electron chi connectivity index (χ0n) is 17.1. The molecule has 160 valence electrons. The van der Waals surface area contributed by atoms with Crippen LogP contribution in [0.15, 0.2) is 41.2 Å². The summed E-state index contributed by atoms with van der Waals surface area (Å²) in [5, 5.41) is 10.3. The van der Waals surface area contributed by atoms with Crippen LogP contribution in [0.4, 0.5) is 15.6 Å². The molecule has 2 N–H and O–H groups in total. The van der Waals surface area contributed by atoms with Crippen LogP contribution in [0.25, 0.3) is 0 Å². The van der Waals surface area contributed by atoms with E-state index in [1.807, 2.05) is 31.2 Å². The van der Waals surface area contributed by atoms with Gasteiger partial charge in [-0.2, -0.15) is 0 Å². The topological polar surface area (TPSA) is 71.1 Å². The number of nitrogens with one attached hydrogen (secondary N) is 2. The van der Waals surface area contributed by atoms with E-state index >= 15 is 0 Å². The highest BCUT2D eigenvalue weighted by molar-refractivity contribution is 8.21. The van der Waals surface area contributed by atoms with Crippen molar-refractivity contribution in [2.45, 2.75) is 45.3 Å². The van der Waals surface area contributed by atoms with Gasteiger partial charge in [-0.25, -0.2) is 20.7 Å². The molecule has 0 radical (unpaired) electrons. The molecule has 30 heavy (non-hydrogen) atoms. The summed E-state index contributed by atoms with van der Waals surface area (Å²) >= 11 is 7.55. The predicted molar refractivity (Wildman–Crippen MR) is 130 cm³/mol. The van der Waals surface area contributed by atoms with E-state index in [0.29, 0.717) is 27.1 Å². The molecule has 1 aliphatic heterocycles. The number of aryl methyl sites for hydroxylation is 1. The van der Waals surface area contributed by atoms with Crippen molar-refractivity contribution in [1.82, 2.24) is 4.98 Å². The van der Waals surface area contributed by atoms with Crippen molar-refractivity contribution in [3.63, 3.8) is 0 Å². The summed E-state index contributed by atoms with van der Waals surface area (Å²) in [5.41, 5.74) is 2.82. The Hall–Kier alpha value is -2.09. The summed E-state index contributed by atoms with van der Waals surface area (Å²) in [6.45, 7) is 4.04. The highest BCUT2D eigenvalue weighted by Crippen LogP contribution is 2.40. The normalized spacial score (nSPS) is 13.6. The average Bonchev–Trinajstić information content (AvgIpc) is 3.33. The minimum Gasteiger partial charge on any atom is -0.307 e. The number of rotatable bonds is 9. The maximum Gasteiger partial charge on any atom is 0.325 e. The summed E-state index contributed by atoms with van der Waals surface area (Å²) < 4.78 is 0.587. The fourth-order valence-corrected chi connectivity index (χ4v) is 5.81. The van der Waals surface area contributed by atoms with Gasteiger partial charge in [0.05, 0.1) is 11.4 Å². The van der Waals surface area contributed by atoms with Gasteiger partial charge in [-0.1, -0.05) is 66.5 Å². The molecule has 0 unspecified atom stereocenters. The Morgan fingerprint density at radius 1 is 1.17 bits per heavy atom. The predicted octanol–water partition coefficient (Wildman–Crippen LogP) is 7.05. The van der Waals surface area contributed by atoms with Crippen LogP contribution >= 0.6 is 33.8 Å². The number of ketones is 1. The number of hydrogen-bond donors (Lipinski definition) is 3. The van der Waals surface area contributed by atoms with E-state index in [4.69, 9.17) is 11.6 Å². The Morgan fingerprint density at radius 2 is 1.93 bits per heavy atom. The molecule has 1 aliphatic rings. The number of Topliss-reactive ketones (excluding diaryl/α,β-unsaturated/α-hetero) is 1. The van der Waals surface area contributed by atoms with Crippen molar-refractivity contribution < 1.29 is 9.59 Å². The molecular weight excluding hydrogens is 438 g/mol. The zero-order valence-corrected chi connectivity index (χ0v) is 19.5. The number of nitrogens with zero attached hydrogens (tertiary/aromatic N) is 1. The Morgan fingerprint density at radius 3 is 2.67 bits per heavy atom. The van der Waals surface area contributed by atoms with Crippen LogP contribution in [0, 0.1) is 6.92 Å². The number of thiazole rings is 1. The number of anilines is 2. The summed E-state index contributed by atoms with van der Waals surface area (Å²) in [6, 6.07) is 5.03. The molecule has 0 aliphatic carbocycles. The Labute approximate surface area is 189 Å². The number of carbonyl (C=O) groups excluding carboxylic acids is 2. The van der Waals surface area contributed by atoms with E-state index in [9.17, 15) is 9.59 Å². The first-order chi connectivity index (χ1) is 14.5. The molecular formula is C22H26ClN3O2S2. The van der Waals surface area contributed by atoms with E-state index in [-0.39, 0.29) is 16.7 Å². The average molecular weight is 464 g/mol. The molecule has 0 atom stereocenters. The molecule has 0 saturated heterocycles. The van der Waals surface area contributed by atoms with Gasteiger partial charge in [-0.3, -0.25) is 10.1 Å². The number of thiol groups is 1. The summed E-state index contributed by atoms with van der Waals surface area (Å²) in [4.78, 5) is 29.6. The smallest absolute Gasteiger partial charge is 0.307 e. The first-order valence-electron chi connectivity index (χ1n) is 9.94. The van der Waals surface area contributed by atoms with Crippen molar-refractivity contribution in [2.75, 3.05) is 10.6 Å². The molecule has 0 saturated carbocycles. The molecule has 5 nitrogen and oxygen atoms in total. The number of unbranched alkanes of at least 4 members (excludes halogenated alkanes) is 2. The molecule has 1 aromatic carbocycles. The van der Waals surface area contributed by atoms with Crippen LogP contribution in [-0.4, -0.2) is 16.8 Å². The van der Waals surface area contributed by atoms with Crippen molar-refractivity contribution in [3.8, 4) is 0 Å². The third-order valence-corrected chi connectivity index (χ3v) is 7.63. The minimum atomic E-state index is -0.440. The lowest BCUT2D eigenvalue weighted by Gasteiger charge is -2.11. The Kier molecular flexibility index (Phi) is 8.13. The number of allylic oxidation sites excluding steroid dienone is 2. The van der Waals surface area contributed by atoms with Gasteiger partial charge in [0.25, 0.3) is 0 Å². The van der Waals surface area contributed by atoms with E-state index in [0.717, 1.165) is 36.3 Å². The largest absolute Gasteiger partial charge is 0.325 e. The number of hydrogen-bond acceptors (Lipinski definition) is 4. The fourth-order valence-electron chi connectivity index (χ4n) is 3.05.